The Morgan fingerprint density at radius 3 is 2.81 bits per heavy atom. The van der Waals surface area contributed by atoms with Crippen LogP contribution in [0, 0.1) is 6.92 Å². The van der Waals surface area contributed by atoms with Gasteiger partial charge in [0, 0.05) is 17.3 Å². The Morgan fingerprint density at radius 2 is 2.05 bits per heavy atom. The van der Waals surface area contributed by atoms with Gasteiger partial charge in [0.25, 0.3) is 5.91 Å². The lowest BCUT2D eigenvalue weighted by molar-refractivity contribution is 0.0994. The van der Waals surface area contributed by atoms with Crippen molar-refractivity contribution >= 4 is 22.5 Å². The molecule has 0 atom stereocenters. The lowest BCUT2D eigenvalue weighted by atomic mass is 10.2. The zero-order valence-corrected chi connectivity index (χ0v) is 11.2. The number of pyridine rings is 1. The SMILES string of the molecule is Cc1ccc(C(=O)N=Nc2c(O)[nH]c3ccccc23)cn1. The Morgan fingerprint density at radius 1 is 1.24 bits per heavy atom. The molecule has 21 heavy (non-hydrogen) atoms. The Hall–Kier alpha value is -3.02. The van der Waals surface area contributed by atoms with Crippen molar-refractivity contribution in [1.82, 2.24) is 9.97 Å². The minimum Gasteiger partial charge on any atom is -0.493 e. The highest BCUT2D eigenvalue weighted by Gasteiger charge is 2.11. The molecular formula is C15H12N4O2. The molecule has 1 aromatic carbocycles. The summed E-state index contributed by atoms with van der Waals surface area (Å²) >= 11 is 0. The van der Waals surface area contributed by atoms with E-state index in [1.54, 1.807) is 24.3 Å². The predicted octanol–water partition coefficient (Wildman–Crippen LogP) is 3.50. The molecule has 0 aliphatic rings. The average molecular weight is 280 g/mol. The summed E-state index contributed by atoms with van der Waals surface area (Å²) in [4.78, 5) is 18.7. The topological polar surface area (TPSA) is 90.7 Å². The molecule has 104 valence electrons. The van der Waals surface area contributed by atoms with Crippen LogP contribution in [0.25, 0.3) is 10.9 Å². The van der Waals surface area contributed by atoms with Crippen molar-refractivity contribution in [2.45, 2.75) is 6.92 Å². The van der Waals surface area contributed by atoms with Gasteiger partial charge in [-0.3, -0.25) is 9.78 Å². The Kier molecular flexibility index (Phi) is 3.19. The molecule has 0 unspecified atom stereocenters. The van der Waals surface area contributed by atoms with E-state index in [1.807, 2.05) is 19.1 Å². The number of azo groups is 1. The first-order valence-electron chi connectivity index (χ1n) is 6.33. The molecule has 0 fully saturated rings. The number of nitrogens with one attached hydrogen (secondary N) is 1. The summed E-state index contributed by atoms with van der Waals surface area (Å²) in [5.41, 5.74) is 2.15. The second-order valence-corrected chi connectivity index (χ2v) is 4.56. The van der Waals surface area contributed by atoms with Crippen LogP contribution < -0.4 is 0 Å². The number of rotatable bonds is 2. The second kappa shape index (κ2) is 5.16. The highest BCUT2D eigenvalue weighted by atomic mass is 16.3. The summed E-state index contributed by atoms with van der Waals surface area (Å²) in [5, 5.41) is 18.0. The van der Waals surface area contributed by atoms with Crippen molar-refractivity contribution in [3.63, 3.8) is 0 Å². The molecule has 0 spiro atoms. The molecule has 0 bridgehead atoms. The van der Waals surface area contributed by atoms with Gasteiger partial charge in [0.15, 0.2) is 5.69 Å². The van der Waals surface area contributed by atoms with Crippen molar-refractivity contribution in [2.24, 2.45) is 10.2 Å². The number of carbonyl (C=O) groups is 1. The quantitative estimate of drug-likeness (QED) is 0.704. The first kappa shape index (κ1) is 13.0. The van der Waals surface area contributed by atoms with Crippen LogP contribution in [0.15, 0.2) is 52.8 Å². The summed E-state index contributed by atoms with van der Waals surface area (Å²) < 4.78 is 0. The van der Waals surface area contributed by atoms with Crippen LogP contribution in [0.3, 0.4) is 0 Å². The first-order valence-corrected chi connectivity index (χ1v) is 6.33. The molecule has 2 aromatic heterocycles. The molecule has 0 aliphatic carbocycles. The van der Waals surface area contributed by atoms with Gasteiger partial charge in [-0.15, -0.1) is 10.2 Å². The van der Waals surface area contributed by atoms with E-state index < -0.39 is 5.91 Å². The lowest BCUT2D eigenvalue weighted by Gasteiger charge is -1.95. The molecule has 0 radical (unpaired) electrons. The van der Waals surface area contributed by atoms with Gasteiger partial charge in [0.2, 0.25) is 5.88 Å². The van der Waals surface area contributed by atoms with Crippen molar-refractivity contribution in [3.8, 4) is 5.88 Å². The normalized spacial score (nSPS) is 11.3. The molecule has 0 saturated carbocycles. The summed E-state index contributed by atoms with van der Waals surface area (Å²) in [6.07, 6.45) is 1.45. The van der Waals surface area contributed by atoms with E-state index in [1.165, 1.54) is 6.20 Å². The molecule has 6 nitrogen and oxygen atoms in total. The Balaban J connectivity index is 1.92. The summed E-state index contributed by atoms with van der Waals surface area (Å²) in [5.74, 6) is -0.623. The monoisotopic (exact) mass is 280 g/mol. The number of amides is 1. The number of fused-ring (bicyclic) bond motifs is 1. The highest BCUT2D eigenvalue weighted by Crippen LogP contribution is 2.35. The molecule has 0 saturated heterocycles. The fourth-order valence-electron chi connectivity index (χ4n) is 1.96. The Labute approximate surface area is 120 Å². The van der Waals surface area contributed by atoms with Crippen LogP contribution in [0.2, 0.25) is 0 Å². The number of carbonyl (C=O) groups excluding carboxylic acids is 1. The van der Waals surface area contributed by atoms with Crippen LogP contribution >= 0.6 is 0 Å². The number of nitrogens with zero attached hydrogens (tertiary/aromatic N) is 3. The molecule has 2 N–H and O–H groups in total. The molecule has 6 heteroatoms. The van der Waals surface area contributed by atoms with Crippen LogP contribution in [0.4, 0.5) is 5.69 Å². The van der Waals surface area contributed by atoms with E-state index in [4.69, 9.17) is 0 Å². The van der Waals surface area contributed by atoms with Gasteiger partial charge in [-0.2, -0.15) is 0 Å². The van der Waals surface area contributed by atoms with Crippen molar-refractivity contribution < 1.29 is 9.90 Å². The smallest absolute Gasteiger partial charge is 0.296 e. The maximum Gasteiger partial charge on any atom is 0.296 e. The number of para-hydroxylation sites is 1. The van der Waals surface area contributed by atoms with Crippen LogP contribution in [-0.4, -0.2) is 21.0 Å². The average Bonchev–Trinajstić information content (AvgIpc) is 2.81. The number of aryl methyl sites for hydroxylation is 1. The van der Waals surface area contributed by atoms with Gasteiger partial charge in [0.05, 0.1) is 11.1 Å². The maximum absolute atomic E-state index is 11.9. The summed E-state index contributed by atoms with van der Waals surface area (Å²) in [7, 11) is 0. The van der Waals surface area contributed by atoms with E-state index in [0.29, 0.717) is 10.9 Å². The first-order chi connectivity index (χ1) is 10.1. The standard InChI is InChI=1S/C15H12N4O2/c1-9-6-7-10(8-16-9)14(20)19-18-13-11-4-2-3-5-12(11)17-15(13)21/h2-8,17,21H,1H3. The molecule has 1 amide bonds. The molecular weight excluding hydrogens is 268 g/mol. The van der Waals surface area contributed by atoms with E-state index in [-0.39, 0.29) is 11.6 Å². The predicted molar refractivity (Wildman–Crippen MR) is 77.8 cm³/mol. The van der Waals surface area contributed by atoms with E-state index in [2.05, 4.69) is 20.2 Å². The summed E-state index contributed by atoms with van der Waals surface area (Å²) in [6.45, 7) is 1.83. The minimum atomic E-state index is -0.507. The van der Waals surface area contributed by atoms with Gasteiger partial charge < -0.3 is 10.1 Å². The molecule has 0 aliphatic heterocycles. The number of H-pyrrole nitrogens is 1. The van der Waals surface area contributed by atoms with Gasteiger partial charge in [-0.25, -0.2) is 0 Å². The molecule has 2 heterocycles. The zero-order valence-electron chi connectivity index (χ0n) is 11.2. The van der Waals surface area contributed by atoms with Crippen LogP contribution in [0.1, 0.15) is 16.1 Å². The van der Waals surface area contributed by atoms with Gasteiger partial charge in [-0.05, 0) is 25.1 Å². The third-order valence-electron chi connectivity index (χ3n) is 3.06. The van der Waals surface area contributed by atoms with E-state index >= 15 is 0 Å². The summed E-state index contributed by atoms with van der Waals surface area (Å²) in [6, 6.07) is 10.6. The number of benzene rings is 1. The van der Waals surface area contributed by atoms with E-state index in [9.17, 15) is 9.90 Å². The number of hydrogen-bond acceptors (Lipinski definition) is 4. The van der Waals surface area contributed by atoms with Gasteiger partial charge in [-0.1, -0.05) is 18.2 Å². The largest absolute Gasteiger partial charge is 0.493 e. The van der Waals surface area contributed by atoms with Gasteiger partial charge in [0.1, 0.15) is 0 Å². The second-order valence-electron chi connectivity index (χ2n) is 4.56. The van der Waals surface area contributed by atoms with Crippen LogP contribution in [0.5, 0.6) is 5.88 Å². The third kappa shape index (κ3) is 2.51. The molecule has 3 rings (SSSR count). The number of aromatic nitrogens is 2. The lowest BCUT2D eigenvalue weighted by Crippen LogP contribution is -1.95. The zero-order chi connectivity index (χ0) is 14.8. The fraction of sp³-hybridized carbons (Fsp3) is 0.0667. The van der Waals surface area contributed by atoms with Crippen molar-refractivity contribution in [1.29, 1.82) is 0 Å². The maximum atomic E-state index is 11.9. The van der Waals surface area contributed by atoms with Gasteiger partial charge >= 0.3 is 0 Å². The molecule has 3 aromatic rings. The fourth-order valence-corrected chi connectivity index (χ4v) is 1.96. The van der Waals surface area contributed by atoms with Crippen molar-refractivity contribution in [2.75, 3.05) is 0 Å². The minimum absolute atomic E-state index is 0.116. The number of aromatic amines is 1. The van der Waals surface area contributed by atoms with Crippen molar-refractivity contribution in [3.05, 3.63) is 53.9 Å². The van der Waals surface area contributed by atoms with E-state index in [0.717, 1.165) is 11.2 Å². The number of hydrogen-bond donors (Lipinski definition) is 2. The Bertz CT molecular complexity index is 835. The van der Waals surface area contributed by atoms with Crippen LogP contribution in [-0.2, 0) is 0 Å². The number of aromatic hydroxyl groups is 1. The third-order valence-corrected chi connectivity index (χ3v) is 3.06. The highest BCUT2D eigenvalue weighted by molar-refractivity contribution is 5.96.